The number of rotatable bonds is 6. The van der Waals surface area contributed by atoms with Crippen LogP contribution in [0, 0.1) is 0 Å². The summed E-state index contributed by atoms with van der Waals surface area (Å²) in [5.41, 5.74) is 1.70. The summed E-state index contributed by atoms with van der Waals surface area (Å²) in [6.07, 6.45) is 0.239. The van der Waals surface area contributed by atoms with E-state index >= 15 is 0 Å². The van der Waals surface area contributed by atoms with Crippen LogP contribution in [0.2, 0.25) is 5.02 Å². The predicted octanol–water partition coefficient (Wildman–Crippen LogP) is 3.78. The third-order valence-corrected chi connectivity index (χ3v) is 3.96. The molecule has 0 bridgehead atoms. The van der Waals surface area contributed by atoms with Crippen LogP contribution in [0.15, 0.2) is 42.5 Å². The normalized spacial score (nSPS) is 11.7. The summed E-state index contributed by atoms with van der Waals surface area (Å²) in [5.74, 6) is 1.29. The van der Waals surface area contributed by atoms with Gasteiger partial charge in [0.1, 0.15) is 11.5 Å². The molecule has 0 heterocycles. The Hall–Kier alpha value is -2.20. The maximum absolute atomic E-state index is 12.2. The van der Waals surface area contributed by atoms with E-state index in [0.29, 0.717) is 16.5 Å². The molecule has 0 aliphatic rings. The molecule has 2 rings (SSSR count). The maximum atomic E-state index is 12.2. The van der Waals surface area contributed by atoms with Crippen molar-refractivity contribution in [3.05, 3.63) is 58.6 Å². The molecule has 0 saturated carbocycles. The summed E-state index contributed by atoms with van der Waals surface area (Å²) in [6.45, 7) is 1.91. The highest BCUT2D eigenvalue weighted by Gasteiger charge is 2.15. The number of methoxy groups -OCH3 is 2. The second kappa shape index (κ2) is 7.88. The molecule has 0 radical (unpaired) electrons. The third-order valence-electron chi connectivity index (χ3n) is 3.59. The van der Waals surface area contributed by atoms with Gasteiger partial charge >= 0.3 is 0 Å². The van der Waals surface area contributed by atoms with Crippen molar-refractivity contribution >= 4 is 17.5 Å². The molecule has 1 amide bonds. The van der Waals surface area contributed by atoms with Crippen LogP contribution in [-0.2, 0) is 11.2 Å². The fraction of sp³-hybridized carbons (Fsp3) is 0.278. The van der Waals surface area contributed by atoms with Gasteiger partial charge in [-0.3, -0.25) is 4.79 Å². The average Bonchev–Trinajstić information content (AvgIpc) is 2.56. The molecule has 0 saturated heterocycles. The first-order valence-corrected chi connectivity index (χ1v) is 7.67. The minimum atomic E-state index is -0.189. The second-order valence-corrected chi connectivity index (χ2v) is 5.57. The van der Waals surface area contributed by atoms with Gasteiger partial charge in [-0.15, -0.1) is 0 Å². The highest BCUT2D eigenvalue weighted by atomic mass is 35.5. The molecule has 2 aromatic carbocycles. The van der Waals surface area contributed by atoms with Gasteiger partial charge < -0.3 is 14.8 Å². The van der Waals surface area contributed by atoms with E-state index in [9.17, 15) is 4.79 Å². The Labute approximate surface area is 141 Å². The fourth-order valence-electron chi connectivity index (χ4n) is 2.36. The highest BCUT2D eigenvalue weighted by molar-refractivity contribution is 6.31. The van der Waals surface area contributed by atoms with Crippen LogP contribution in [0.3, 0.4) is 0 Å². The number of ether oxygens (including phenoxy) is 2. The second-order valence-electron chi connectivity index (χ2n) is 5.17. The lowest BCUT2D eigenvalue weighted by Gasteiger charge is -2.18. The van der Waals surface area contributed by atoms with E-state index in [1.807, 2.05) is 37.3 Å². The van der Waals surface area contributed by atoms with Crippen LogP contribution in [0.25, 0.3) is 0 Å². The summed E-state index contributed by atoms with van der Waals surface area (Å²) in [7, 11) is 3.19. The molecule has 0 aliphatic carbocycles. The molecular weight excluding hydrogens is 314 g/mol. The summed E-state index contributed by atoms with van der Waals surface area (Å²) in [6, 6.07) is 12.7. The fourth-order valence-corrected chi connectivity index (χ4v) is 2.56. The van der Waals surface area contributed by atoms with E-state index in [1.165, 1.54) is 0 Å². The van der Waals surface area contributed by atoms with E-state index in [4.69, 9.17) is 21.1 Å². The quantitative estimate of drug-likeness (QED) is 0.875. The molecule has 4 nitrogen and oxygen atoms in total. The minimum absolute atomic E-state index is 0.0940. The molecule has 1 atom stereocenters. The van der Waals surface area contributed by atoms with Gasteiger partial charge in [-0.2, -0.15) is 0 Å². The van der Waals surface area contributed by atoms with Crippen molar-refractivity contribution in [1.82, 2.24) is 5.32 Å². The SMILES string of the molecule is COc1ccc(C(C)NC(=O)Cc2ccccc2Cl)c(OC)c1. The van der Waals surface area contributed by atoms with E-state index < -0.39 is 0 Å². The van der Waals surface area contributed by atoms with Crippen LogP contribution in [0.1, 0.15) is 24.1 Å². The largest absolute Gasteiger partial charge is 0.497 e. The zero-order valence-corrected chi connectivity index (χ0v) is 14.2. The Morgan fingerprint density at radius 3 is 2.57 bits per heavy atom. The van der Waals surface area contributed by atoms with E-state index in [-0.39, 0.29) is 18.4 Å². The molecule has 5 heteroatoms. The van der Waals surface area contributed by atoms with Crippen molar-refractivity contribution in [2.75, 3.05) is 14.2 Å². The number of halogens is 1. The lowest BCUT2D eigenvalue weighted by molar-refractivity contribution is -0.121. The first kappa shape index (κ1) is 17.2. The highest BCUT2D eigenvalue weighted by Crippen LogP contribution is 2.29. The molecule has 122 valence electrons. The van der Waals surface area contributed by atoms with E-state index in [0.717, 1.165) is 11.1 Å². The molecule has 23 heavy (non-hydrogen) atoms. The standard InChI is InChI=1S/C18H20ClNO3/c1-12(15-9-8-14(22-2)11-17(15)23-3)20-18(21)10-13-6-4-5-7-16(13)19/h4-9,11-12H,10H2,1-3H3,(H,20,21). The summed E-state index contributed by atoms with van der Waals surface area (Å²) >= 11 is 6.09. The monoisotopic (exact) mass is 333 g/mol. The molecule has 1 unspecified atom stereocenters. The Balaban J connectivity index is 2.08. The van der Waals surface area contributed by atoms with Crippen LogP contribution in [0.4, 0.5) is 0 Å². The first-order chi connectivity index (χ1) is 11.0. The molecular formula is C18H20ClNO3. The smallest absolute Gasteiger partial charge is 0.224 e. The Morgan fingerprint density at radius 1 is 1.17 bits per heavy atom. The van der Waals surface area contributed by atoms with Crippen LogP contribution >= 0.6 is 11.6 Å². The van der Waals surface area contributed by atoms with Crippen molar-refractivity contribution in [2.45, 2.75) is 19.4 Å². The molecule has 0 spiro atoms. The van der Waals surface area contributed by atoms with Gasteiger partial charge in [0.2, 0.25) is 5.91 Å². The Morgan fingerprint density at radius 2 is 1.91 bits per heavy atom. The lowest BCUT2D eigenvalue weighted by Crippen LogP contribution is -2.28. The van der Waals surface area contributed by atoms with Gasteiger partial charge in [0.15, 0.2) is 0 Å². The van der Waals surface area contributed by atoms with Crippen LogP contribution in [0.5, 0.6) is 11.5 Å². The number of hydrogen-bond donors (Lipinski definition) is 1. The van der Waals surface area contributed by atoms with Gasteiger partial charge in [0.05, 0.1) is 26.7 Å². The Kier molecular flexibility index (Phi) is 5.88. The number of carbonyl (C=O) groups is 1. The number of nitrogens with one attached hydrogen (secondary N) is 1. The minimum Gasteiger partial charge on any atom is -0.497 e. The average molecular weight is 334 g/mol. The van der Waals surface area contributed by atoms with Crippen molar-refractivity contribution in [3.8, 4) is 11.5 Å². The molecule has 0 fully saturated rings. The lowest BCUT2D eigenvalue weighted by atomic mass is 10.1. The van der Waals surface area contributed by atoms with Crippen molar-refractivity contribution in [2.24, 2.45) is 0 Å². The van der Waals surface area contributed by atoms with Gasteiger partial charge in [-0.1, -0.05) is 29.8 Å². The summed E-state index contributed by atoms with van der Waals surface area (Å²) < 4.78 is 10.6. The van der Waals surface area contributed by atoms with Gasteiger partial charge in [-0.25, -0.2) is 0 Å². The molecule has 1 N–H and O–H groups in total. The van der Waals surface area contributed by atoms with E-state index in [2.05, 4.69) is 5.32 Å². The van der Waals surface area contributed by atoms with Gasteiger partial charge in [0, 0.05) is 16.7 Å². The van der Waals surface area contributed by atoms with Gasteiger partial charge in [-0.05, 0) is 30.7 Å². The maximum Gasteiger partial charge on any atom is 0.224 e. The number of amides is 1. The van der Waals surface area contributed by atoms with Crippen LogP contribution in [-0.4, -0.2) is 20.1 Å². The zero-order chi connectivity index (χ0) is 16.8. The molecule has 0 aromatic heterocycles. The summed E-state index contributed by atoms with van der Waals surface area (Å²) in [5, 5.41) is 3.56. The summed E-state index contributed by atoms with van der Waals surface area (Å²) in [4.78, 5) is 12.2. The first-order valence-electron chi connectivity index (χ1n) is 7.30. The van der Waals surface area contributed by atoms with Crippen molar-refractivity contribution < 1.29 is 14.3 Å². The topological polar surface area (TPSA) is 47.6 Å². The van der Waals surface area contributed by atoms with Crippen molar-refractivity contribution in [1.29, 1.82) is 0 Å². The van der Waals surface area contributed by atoms with Crippen molar-refractivity contribution in [3.63, 3.8) is 0 Å². The number of benzene rings is 2. The van der Waals surface area contributed by atoms with Crippen LogP contribution < -0.4 is 14.8 Å². The molecule has 2 aromatic rings. The van der Waals surface area contributed by atoms with Gasteiger partial charge in [0.25, 0.3) is 0 Å². The molecule has 0 aliphatic heterocycles. The van der Waals surface area contributed by atoms with E-state index in [1.54, 1.807) is 26.4 Å². The zero-order valence-electron chi connectivity index (χ0n) is 13.4. The number of carbonyl (C=O) groups excluding carboxylic acids is 1. The third kappa shape index (κ3) is 4.39. The Bertz CT molecular complexity index is 688. The number of hydrogen-bond acceptors (Lipinski definition) is 3. The predicted molar refractivity (Wildman–Crippen MR) is 91.3 cm³/mol.